The minimum Gasteiger partial charge on any atom is -0.494 e. The molecule has 1 aromatic heterocycles. The molecule has 1 fully saturated rings. The van der Waals surface area contributed by atoms with Crippen LogP contribution in [0.3, 0.4) is 0 Å². The Labute approximate surface area is 167 Å². The summed E-state index contributed by atoms with van der Waals surface area (Å²) in [7, 11) is 0. The smallest absolute Gasteiger partial charge is 0.229 e. The van der Waals surface area contributed by atoms with Crippen molar-refractivity contribution >= 4 is 17.5 Å². The molecule has 1 saturated heterocycles. The Balaban J connectivity index is 1.58. The van der Waals surface area contributed by atoms with Gasteiger partial charge in [0.05, 0.1) is 12.5 Å². The SMILES string of the molecule is CCCCOc1ccc(NC(=O)[C@H]2CCCN(c3nc(C)cc(C)n3)C2)cc1. The zero-order valence-electron chi connectivity index (χ0n) is 17.1. The topological polar surface area (TPSA) is 67.3 Å². The summed E-state index contributed by atoms with van der Waals surface area (Å²) in [5.74, 6) is 1.54. The Bertz CT molecular complexity index is 771. The van der Waals surface area contributed by atoms with Gasteiger partial charge in [0.25, 0.3) is 0 Å². The average molecular weight is 383 g/mol. The number of piperidine rings is 1. The third-order valence-electron chi connectivity index (χ3n) is 4.93. The minimum atomic E-state index is -0.0707. The molecule has 0 spiro atoms. The fourth-order valence-corrected chi connectivity index (χ4v) is 3.43. The van der Waals surface area contributed by atoms with Crippen LogP contribution in [0.1, 0.15) is 44.0 Å². The van der Waals surface area contributed by atoms with Gasteiger partial charge in [0, 0.05) is 30.2 Å². The first-order chi connectivity index (χ1) is 13.5. The van der Waals surface area contributed by atoms with Gasteiger partial charge in [0.2, 0.25) is 11.9 Å². The second kappa shape index (κ2) is 9.53. The van der Waals surface area contributed by atoms with Crippen molar-refractivity contribution in [3.05, 3.63) is 41.7 Å². The van der Waals surface area contributed by atoms with Gasteiger partial charge in [-0.1, -0.05) is 13.3 Å². The molecule has 0 radical (unpaired) electrons. The number of hydrogen-bond donors (Lipinski definition) is 1. The number of anilines is 2. The zero-order valence-corrected chi connectivity index (χ0v) is 17.1. The van der Waals surface area contributed by atoms with Crippen molar-refractivity contribution in [2.45, 2.75) is 46.5 Å². The van der Waals surface area contributed by atoms with Crippen LogP contribution in [0.4, 0.5) is 11.6 Å². The number of nitrogens with zero attached hydrogens (tertiary/aromatic N) is 3. The van der Waals surface area contributed by atoms with Gasteiger partial charge in [-0.15, -0.1) is 0 Å². The van der Waals surface area contributed by atoms with Crippen LogP contribution >= 0.6 is 0 Å². The molecule has 2 aromatic rings. The summed E-state index contributed by atoms with van der Waals surface area (Å²) in [5, 5.41) is 3.04. The fraction of sp³-hybridized carbons (Fsp3) is 0.500. The number of rotatable bonds is 7. The first kappa shape index (κ1) is 20.1. The molecule has 6 heteroatoms. The van der Waals surface area contributed by atoms with E-state index in [1.807, 2.05) is 44.2 Å². The summed E-state index contributed by atoms with van der Waals surface area (Å²) in [6, 6.07) is 9.57. The predicted octanol–water partition coefficient (Wildman–Crippen LogP) is 4.13. The number of nitrogens with one attached hydrogen (secondary N) is 1. The summed E-state index contributed by atoms with van der Waals surface area (Å²) in [6.45, 7) is 8.34. The fourth-order valence-electron chi connectivity index (χ4n) is 3.43. The maximum atomic E-state index is 12.8. The van der Waals surface area contributed by atoms with Crippen LogP contribution in [-0.4, -0.2) is 35.6 Å². The highest BCUT2D eigenvalue weighted by Gasteiger charge is 2.27. The van der Waals surface area contributed by atoms with Gasteiger partial charge in [-0.05, 0) is 63.4 Å². The molecule has 150 valence electrons. The van der Waals surface area contributed by atoms with Crippen LogP contribution in [0.5, 0.6) is 5.75 Å². The van der Waals surface area contributed by atoms with Crippen molar-refractivity contribution < 1.29 is 9.53 Å². The molecule has 2 heterocycles. The Morgan fingerprint density at radius 2 is 1.93 bits per heavy atom. The van der Waals surface area contributed by atoms with Gasteiger partial charge < -0.3 is 15.0 Å². The predicted molar refractivity (Wildman–Crippen MR) is 112 cm³/mol. The van der Waals surface area contributed by atoms with Crippen LogP contribution in [-0.2, 0) is 4.79 Å². The number of benzene rings is 1. The summed E-state index contributed by atoms with van der Waals surface area (Å²) in [4.78, 5) is 24.0. The average Bonchev–Trinajstić information content (AvgIpc) is 2.69. The number of unbranched alkanes of at least 4 members (excludes halogenated alkanes) is 1. The van der Waals surface area contributed by atoms with E-state index in [1.165, 1.54) is 0 Å². The lowest BCUT2D eigenvalue weighted by atomic mass is 9.97. The largest absolute Gasteiger partial charge is 0.494 e. The van der Waals surface area contributed by atoms with Crippen LogP contribution in [0, 0.1) is 19.8 Å². The van der Waals surface area contributed by atoms with Gasteiger partial charge in [0.15, 0.2) is 0 Å². The maximum Gasteiger partial charge on any atom is 0.229 e. The van der Waals surface area contributed by atoms with Crippen LogP contribution in [0.2, 0.25) is 0 Å². The highest BCUT2D eigenvalue weighted by atomic mass is 16.5. The summed E-state index contributed by atoms with van der Waals surface area (Å²) >= 11 is 0. The molecule has 0 saturated carbocycles. The van der Waals surface area contributed by atoms with Gasteiger partial charge >= 0.3 is 0 Å². The van der Waals surface area contributed by atoms with Crippen LogP contribution in [0.25, 0.3) is 0 Å². The van der Waals surface area contributed by atoms with Crippen molar-refractivity contribution in [3.8, 4) is 5.75 Å². The third-order valence-corrected chi connectivity index (χ3v) is 4.93. The van der Waals surface area contributed by atoms with E-state index in [0.717, 1.165) is 67.6 Å². The molecule has 1 aliphatic heterocycles. The monoisotopic (exact) mass is 382 g/mol. The quantitative estimate of drug-likeness (QED) is 0.730. The number of carbonyl (C=O) groups excluding carboxylic acids is 1. The van der Waals surface area contributed by atoms with E-state index in [4.69, 9.17) is 4.74 Å². The Hall–Kier alpha value is -2.63. The first-order valence-corrected chi connectivity index (χ1v) is 10.2. The minimum absolute atomic E-state index is 0.0497. The molecule has 3 rings (SSSR count). The molecular formula is C22H30N4O2. The van der Waals surface area contributed by atoms with Crippen molar-refractivity contribution in [1.29, 1.82) is 0 Å². The van der Waals surface area contributed by atoms with Gasteiger partial charge in [-0.25, -0.2) is 9.97 Å². The molecule has 0 aliphatic carbocycles. The molecule has 1 aromatic carbocycles. The molecule has 1 amide bonds. The standard InChI is InChI=1S/C22H30N4O2/c1-4-5-13-28-20-10-8-19(9-11-20)25-21(27)18-7-6-12-26(15-18)22-23-16(2)14-17(3)24-22/h8-11,14,18H,4-7,12-13,15H2,1-3H3,(H,25,27)/t18-/m0/s1. The Morgan fingerprint density at radius 3 is 2.61 bits per heavy atom. The van der Waals surface area contributed by atoms with E-state index in [-0.39, 0.29) is 11.8 Å². The van der Waals surface area contributed by atoms with E-state index in [0.29, 0.717) is 6.54 Å². The van der Waals surface area contributed by atoms with Gasteiger partial charge in [-0.3, -0.25) is 4.79 Å². The lowest BCUT2D eigenvalue weighted by Gasteiger charge is -2.32. The van der Waals surface area contributed by atoms with Crippen molar-refractivity contribution in [2.75, 3.05) is 29.9 Å². The zero-order chi connectivity index (χ0) is 19.9. The summed E-state index contributed by atoms with van der Waals surface area (Å²) in [5.41, 5.74) is 2.71. The molecule has 1 N–H and O–H groups in total. The third kappa shape index (κ3) is 5.44. The van der Waals surface area contributed by atoms with E-state index in [2.05, 4.69) is 27.1 Å². The molecule has 28 heavy (non-hydrogen) atoms. The van der Waals surface area contributed by atoms with Crippen LogP contribution < -0.4 is 15.0 Å². The molecule has 1 atom stereocenters. The second-order valence-corrected chi connectivity index (χ2v) is 7.45. The number of carbonyl (C=O) groups is 1. The van der Waals surface area contributed by atoms with Gasteiger partial charge in [0.1, 0.15) is 5.75 Å². The van der Waals surface area contributed by atoms with Crippen molar-refractivity contribution in [3.63, 3.8) is 0 Å². The lowest BCUT2D eigenvalue weighted by Crippen LogP contribution is -2.41. The van der Waals surface area contributed by atoms with Crippen LogP contribution in [0.15, 0.2) is 30.3 Å². The maximum absolute atomic E-state index is 12.8. The van der Waals surface area contributed by atoms with E-state index in [1.54, 1.807) is 0 Å². The normalized spacial score (nSPS) is 16.7. The molecule has 0 bridgehead atoms. The van der Waals surface area contributed by atoms with Crippen molar-refractivity contribution in [2.24, 2.45) is 5.92 Å². The second-order valence-electron chi connectivity index (χ2n) is 7.45. The first-order valence-electron chi connectivity index (χ1n) is 10.2. The highest BCUT2D eigenvalue weighted by molar-refractivity contribution is 5.93. The van der Waals surface area contributed by atoms with E-state index >= 15 is 0 Å². The molecule has 1 aliphatic rings. The Kier molecular flexibility index (Phi) is 6.85. The van der Waals surface area contributed by atoms with Gasteiger partial charge in [-0.2, -0.15) is 0 Å². The van der Waals surface area contributed by atoms with E-state index in [9.17, 15) is 4.79 Å². The number of amides is 1. The highest BCUT2D eigenvalue weighted by Crippen LogP contribution is 2.23. The van der Waals surface area contributed by atoms with Crippen molar-refractivity contribution in [1.82, 2.24) is 9.97 Å². The summed E-state index contributed by atoms with van der Waals surface area (Å²) < 4.78 is 5.67. The lowest BCUT2D eigenvalue weighted by molar-refractivity contribution is -0.120. The number of aromatic nitrogens is 2. The molecule has 0 unspecified atom stereocenters. The molecule has 6 nitrogen and oxygen atoms in total. The number of ether oxygens (including phenoxy) is 1. The summed E-state index contributed by atoms with van der Waals surface area (Å²) in [6.07, 6.45) is 3.99. The molecular weight excluding hydrogens is 352 g/mol. The Morgan fingerprint density at radius 1 is 1.21 bits per heavy atom. The number of aryl methyl sites for hydroxylation is 2. The number of hydrogen-bond acceptors (Lipinski definition) is 5. The van der Waals surface area contributed by atoms with E-state index < -0.39 is 0 Å².